The lowest BCUT2D eigenvalue weighted by Crippen LogP contribution is -2.04. The van der Waals surface area contributed by atoms with Gasteiger partial charge in [-0.2, -0.15) is 0 Å². The molecule has 1 aromatic heterocycles. The summed E-state index contributed by atoms with van der Waals surface area (Å²) in [6, 6.07) is 7.16. The summed E-state index contributed by atoms with van der Waals surface area (Å²) in [6.45, 7) is 0.0859. The van der Waals surface area contributed by atoms with Gasteiger partial charge in [-0.05, 0) is 18.2 Å². The van der Waals surface area contributed by atoms with Gasteiger partial charge in [-0.25, -0.2) is 9.78 Å². The van der Waals surface area contributed by atoms with E-state index in [4.69, 9.17) is 16.3 Å². The van der Waals surface area contributed by atoms with E-state index in [-0.39, 0.29) is 23.6 Å². The number of hydrogen-bond acceptors (Lipinski definition) is 6. The normalized spacial score (nSPS) is 10.1. The van der Waals surface area contributed by atoms with Gasteiger partial charge in [0.1, 0.15) is 11.8 Å². The molecule has 0 radical (unpaired) electrons. The standard InChI is InChI=1S/C14H11ClN2O5/c1-21-14(18)10-3-4-12(11(6-10)17(19)20)22-8-9-2-5-13(15)16-7-9/h2-7H,8H2,1H3. The summed E-state index contributed by atoms with van der Waals surface area (Å²) in [5.41, 5.74) is 0.468. The number of ether oxygens (including phenoxy) is 2. The molecule has 0 aliphatic heterocycles. The van der Waals surface area contributed by atoms with Crippen molar-refractivity contribution in [2.24, 2.45) is 0 Å². The van der Waals surface area contributed by atoms with Crippen LogP contribution in [-0.4, -0.2) is 23.0 Å². The van der Waals surface area contributed by atoms with Crippen LogP contribution in [-0.2, 0) is 11.3 Å². The van der Waals surface area contributed by atoms with E-state index in [1.807, 2.05) is 0 Å². The molecule has 0 aliphatic carbocycles. The minimum atomic E-state index is -0.656. The van der Waals surface area contributed by atoms with Crippen LogP contribution in [0, 0.1) is 10.1 Å². The number of benzene rings is 1. The molecule has 114 valence electrons. The molecule has 0 N–H and O–H groups in total. The zero-order valence-corrected chi connectivity index (χ0v) is 12.2. The molecule has 2 aromatic rings. The molecule has 8 heteroatoms. The zero-order valence-electron chi connectivity index (χ0n) is 11.5. The van der Waals surface area contributed by atoms with Gasteiger partial charge in [0.25, 0.3) is 0 Å². The molecule has 0 saturated heterocycles. The maximum absolute atomic E-state index is 11.4. The van der Waals surface area contributed by atoms with Crippen molar-refractivity contribution >= 4 is 23.3 Å². The molecule has 7 nitrogen and oxygen atoms in total. The molecule has 0 amide bonds. The number of carbonyl (C=O) groups excluding carboxylic acids is 1. The summed E-state index contributed by atoms with van der Waals surface area (Å²) < 4.78 is 9.94. The van der Waals surface area contributed by atoms with Crippen LogP contribution in [0.2, 0.25) is 5.15 Å². The Kier molecular flexibility index (Phi) is 4.90. The van der Waals surface area contributed by atoms with Crippen molar-refractivity contribution in [1.82, 2.24) is 4.98 Å². The predicted octanol–water partition coefficient (Wildman–Crippen LogP) is 3.01. The number of rotatable bonds is 5. The molecule has 2 rings (SSSR count). The van der Waals surface area contributed by atoms with E-state index in [1.54, 1.807) is 12.1 Å². The number of nitro groups is 1. The minimum absolute atomic E-state index is 0.0487. The molecule has 0 fully saturated rings. The number of nitro benzene ring substituents is 1. The Bertz CT molecular complexity index is 703. The van der Waals surface area contributed by atoms with Crippen LogP contribution in [0.25, 0.3) is 0 Å². The Hall–Kier alpha value is -2.67. The highest BCUT2D eigenvalue weighted by Gasteiger charge is 2.19. The fraction of sp³-hybridized carbons (Fsp3) is 0.143. The smallest absolute Gasteiger partial charge is 0.338 e. The maximum Gasteiger partial charge on any atom is 0.338 e. The first-order valence-corrected chi connectivity index (χ1v) is 6.49. The predicted molar refractivity (Wildman–Crippen MR) is 78.0 cm³/mol. The van der Waals surface area contributed by atoms with E-state index >= 15 is 0 Å². The molecule has 0 saturated carbocycles. The van der Waals surface area contributed by atoms with E-state index in [2.05, 4.69) is 9.72 Å². The van der Waals surface area contributed by atoms with Crippen LogP contribution in [0.5, 0.6) is 5.75 Å². The number of carbonyl (C=O) groups is 1. The Labute approximate surface area is 130 Å². The summed E-state index contributed by atoms with van der Waals surface area (Å²) in [5.74, 6) is -0.607. The van der Waals surface area contributed by atoms with Gasteiger partial charge in [-0.15, -0.1) is 0 Å². The second-order valence-electron chi connectivity index (χ2n) is 4.21. The van der Waals surface area contributed by atoms with Gasteiger partial charge in [0.05, 0.1) is 17.6 Å². The van der Waals surface area contributed by atoms with Crippen molar-refractivity contribution in [3.8, 4) is 5.75 Å². The molecular formula is C14H11ClN2O5. The van der Waals surface area contributed by atoms with E-state index in [0.717, 1.165) is 6.07 Å². The Morgan fingerprint density at radius 2 is 2.14 bits per heavy atom. The van der Waals surface area contributed by atoms with Gasteiger partial charge in [0, 0.05) is 17.8 Å². The topological polar surface area (TPSA) is 91.6 Å². The molecular weight excluding hydrogens is 312 g/mol. The molecule has 22 heavy (non-hydrogen) atoms. The molecule has 1 heterocycles. The first-order chi connectivity index (χ1) is 10.5. The summed E-state index contributed by atoms with van der Waals surface area (Å²) >= 11 is 5.67. The molecule has 1 aromatic carbocycles. The van der Waals surface area contributed by atoms with Gasteiger partial charge < -0.3 is 9.47 Å². The van der Waals surface area contributed by atoms with Crippen LogP contribution in [0.15, 0.2) is 36.5 Å². The van der Waals surface area contributed by atoms with Crippen LogP contribution in [0.4, 0.5) is 5.69 Å². The Morgan fingerprint density at radius 1 is 1.36 bits per heavy atom. The third kappa shape index (κ3) is 3.70. The number of aromatic nitrogens is 1. The maximum atomic E-state index is 11.4. The molecule has 0 bridgehead atoms. The number of esters is 1. The third-order valence-electron chi connectivity index (χ3n) is 2.76. The lowest BCUT2D eigenvalue weighted by Gasteiger charge is -2.08. The highest BCUT2D eigenvalue weighted by molar-refractivity contribution is 6.29. The van der Waals surface area contributed by atoms with Crippen LogP contribution in [0.1, 0.15) is 15.9 Å². The van der Waals surface area contributed by atoms with Crippen molar-refractivity contribution in [3.63, 3.8) is 0 Å². The molecule has 0 spiro atoms. The average molecular weight is 323 g/mol. The number of hydrogen-bond donors (Lipinski definition) is 0. The van der Waals surface area contributed by atoms with Crippen molar-refractivity contribution in [2.75, 3.05) is 7.11 Å². The largest absolute Gasteiger partial charge is 0.482 e. The lowest BCUT2D eigenvalue weighted by molar-refractivity contribution is -0.386. The van der Waals surface area contributed by atoms with Crippen molar-refractivity contribution in [1.29, 1.82) is 0 Å². The average Bonchev–Trinajstić information content (AvgIpc) is 2.53. The SMILES string of the molecule is COC(=O)c1ccc(OCc2ccc(Cl)nc2)c([N+](=O)[O-])c1. The number of pyridine rings is 1. The van der Waals surface area contributed by atoms with Crippen molar-refractivity contribution in [3.05, 3.63) is 62.9 Å². The molecule has 0 aliphatic rings. The number of halogens is 1. The third-order valence-corrected chi connectivity index (χ3v) is 2.98. The van der Waals surface area contributed by atoms with Crippen molar-refractivity contribution in [2.45, 2.75) is 6.61 Å². The van der Waals surface area contributed by atoms with Gasteiger partial charge in [0.2, 0.25) is 0 Å². The molecule has 0 unspecified atom stereocenters. The quantitative estimate of drug-likeness (QED) is 0.363. The van der Waals surface area contributed by atoms with Gasteiger partial charge in [-0.3, -0.25) is 10.1 Å². The van der Waals surface area contributed by atoms with E-state index in [9.17, 15) is 14.9 Å². The Balaban J connectivity index is 2.21. The molecule has 0 atom stereocenters. The zero-order chi connectivity index (χ0) is 16.1. The van der Waals surface area contributed by atoms with Crippen LogP contribution in [0.3, 0.4) is 0 Å². The van der Waals surface area contributed by atoms with Gasteiger partial charge in [-0.1, -0.05) is 17.7 Å². The second kappa shape index (κ2) is 6.86. The highest BCUT2D eigenvalue weighted by Crippen LogP contribution is 2.29. The minimum Gasteiger partial charge on any atom is -0.482 e. The summed E-state index contributed by atoms with van der Waals surface area (Å²) in [7, 11) is 1.20. The first-order valence-electron chi connectivity index (χ1n) is 6.11. The second-order valence-corrected chi connectivity index (χ2v) is 4.60. The summed E-state index contributed by atoms with van der Waals surface area (Å²) in [4.78, 5) is 25.8. The first kappa shape index (κ1) is 15.7. The fourth-order valence-electron chi connectivity index (χ4n) is 1.68. The van der Waals surface area contributed by atoms with Crippen LogP contribution < -0.4 is 4.74 Å². The van der Waals surface area contributed by atoms with E-state index < -0.39 is 10.9 Å². The van der Waals surface area contributed by atoms with Crippen molar-refractivity contribution < 1.29 is 19.2 Å². The van der Waals surface area contributed by atoms with Gasteiger partial charge >= 0.3 is 11.7 Å². The van der Waals surface area contributed by atoms with Crippen LogP contribution >= 0.6 is 11.6 Å². The monoisotopic (exact) mass is 322 g/mol. The van der Waals surface area contributed by atoms with E-state index in [0.29, 0.717) is 10.7 Å². The van der Waals surface area contributed by atoms with Gasteiger partial charge in [0.15, 0.2) is 5.75 Å². The summed E-state index contributed by atoms with van der Waals surface area (Å²) in [6.07, 6.45) is 1.51. The Morgan fingerprint density at radius 3 is 2.73 bits per heavy atom. The summed E-state index contributed by atoms with van der Waals surface area (Å²) in [5, 5.41) is 11.4. The fourth-order valence-corrected chi connectivity index (χ4v) is 1.79. The number of nitrogens with zero attached hydrogens (tertiary/aromatic N) is 2. The number of methoxy groups -OCH3 is 1. The van der Waals surface area contributed by atoms with E-state index in [1.165, 1.54) is 25.4 Å². The highest BCUT2D eigenvalue weighted by atomic mass is 35.5. The lowest BCUT2D eigenvalue weighted by atomic mass is 10.2.